The van der Waals surface area contributed by atoms with Crippen LogP contribution in [0.1, 0.15) is 50.5 Å². The van der Waals surface area contributed by atoms with Crippen molar-refractivity contribution >= 4 is 23.3 Å². The van der Waals surface area contributed by atoms with Gasteiger partial charge in [-0.3, -0.25) is 0 Å². The summed E-state index contributed by atoms with van der Waals surface area (Å²) in [6, 6.07) is 5.83. The van der Waals surface area contributed by atoms with Crippen LogP contribution in [0.25, 0.3) is 0 Å². The fourth-order valence-electron chi connectivity index (χ4n) is 4.78. The molecule has 4 fully saturated rings. The van der Waals surface area contributed by atoms with Crippen molar-refractivity contribution in [2.45, 2.75) is 63.5 Å². The Kier molecular flexibility index (Phi) is 4.38. The van der Waals surface area contributed by atoms with Gasteiger partial charge >= 0.3 is 6.03 Å². The molecule has 6 heteroatoms. The first-order valence-corrected chi connectivity index (χ1v) is 9.48. The zero-order valence-electron chi connectivity index (χ0n) is 14.2. The number of halogens is 3. The third-order valence-corrected chi connectivity index (χ3v) is 6.56. The molecule has 2 saturated carbocycles. The van der Waals surface area contributed by atoms with Crippen LogP contribution in [0, 0.1) is 11.8 Å². The van der Waals surface area contributed by atoms with E-state index < -0.39 is 12.3 Å². The lowest BCUT2D eigenvalue weighted by Gasteiger charge is -2.54. The molecule has 136 valence electrons. The second-order valence-corrected chi connectivity index (χ2v) is 8.28. The summed E-state index contributed by atoms with van der Waals surface area (Å²) in [6.07, 6.45) is 2.16. The zero-order chi connectivity index (χ0) is 17.7. The average Bonchev–Trinajstić information content (AvgIpc) is 2.48. The number of urea groups is 1. The molecule has 2 bridgehead atoms. The van der Waals surface area contributed by atoms with Gasteiger partial charge < -0.3 is 10.2 Å². The van der Waals surface area contributed by atoms with Crippen LogP contribution in [0.4, 0.5) is 19.3 Å². The van der Waals surface area contributed by atoms with Gasteiger partial charge in [0, 0.05) is 28.7 Å². The first-order valence-electron chi connectivity index (χ1n) is 9.11. The van der Waals surface area contributed by atoms with Crippen molar-refractivity contribution in [1.82, 2.24) is 4.90 Å². The molecule has 2 aliphatic carbocycles. The smallest absolute Gasteiger partial charge is 0.318 e. The van der Waals surface area contributed by atoms with Gasteiger partial charge in [0.1, 0.15) is 0 Å². The van der Waals surface area contributed by atoms with Gasteiger partial charge in [0.2, 0.25) is 6.43 Å². The number of anilines is 1. The Balaban J connectivity index is 1.47. The van der Waals surface area contributed by atoms with E-state index in [1.54, 1.807) is 18.2 Å². The minimum Gasteiger partial charge on any atom is -0.318 e. The van der Waals surface area contributed by atoms with Crippen LogP contribution in [0.5, 0.6) is 0 Å². The molecule has 1 aromatic carbocycles. The van der Waals surface area contributed by atoms with Gasteiger partial charge in [-0.05, 0) is 67.7 Å². The van der Waals surface area contributed by atoms with Gasteiger partial charge in [-0.25, -0.2) is 13.6 Å². The van der Waals surface area contributed by atoms with E-state index in [2.05, 4.69) is 12.2 Å². The summed E-state index contributed by atoms with van der Waals surface area (Å²) in [5.41, 5.74) is 1.37. The van der Waals surface area contributed by atoms with Gasteiger partial charge in [0.15, 0.2) is 0 Å². The molecule has 25 heavy (non-hydrogen) atoms. The molecule has 0 spiro atoms. The number of carbonyl (C=O) groups is 1. The molecule has 4 aliphatic rings. The summed E-state index contributed by atoms with van der Waals surface area (Å²) in [5.74, 6) is -0.159. The SMILES string of the molecule is CC1CC2CC(C1)N2C(=O)Nc1ccc(Cl)c(C2CCC2C(F)F)c1. The van der Waals surface area contributed by atoms with Crippen molar-refractivity contribution in [3.8, 4) is 0 Å². The number of rotatable bonds is 3. The molecular weight excluding hydrogens is 346 g/mol. The van der Waals surface area contributed by atoms with Crippen LogP contribution in [-0.2, 0) is 0 Å². The second-order valence-electron chi connectivity index (χ2n) is 7.88. The topological polar surface area (TPSA) is 32.3 Å². The Hall–Kier alpha value is -1.36. The summed E-state index contributed by atoms with van der Waals surface area (Å²) in [6.45, 7) is 2.23. The maximum atomic E-state index is 13.1. The van der Waals surface area contributed by atoms with Crippen LogP contribution in [0.15, 0.2) is 18.2 Å². The van der Waals surface area contributed by atoms with Crippen molar-refractivity contribution in [3.05, 3.63) is 28.8 Å². The molecule has 4 unspecified atom stereocenters. The standard InChI is InChI=1S/C19H23ClF2N2O/c1-10-6-12-9-13(7-10)24(12)19(25)23-11-2-5-17(20)16(8-11)14-3-4-15(14)18(21)22/h2,5,8,10,12-15,18H,3-4,6-7,9H2,1H3,(H,23,25). The Morgan fingerprint density at radius 1 is 1.24 bits per heavy atom. The summed E-state index contributed by atoms with van der Waals surface area (Å²) in [4.78, 5) is 14.5. The monoisotopic (exact) mass is 368 g/mol. The van der Waals surface area contributed by atoms with Crippen LogP contribution in [0.2, 0.25) is 5.02 Å². The van der Waals surface area contributed by atoms with E-state index in [0.717, 1.165) is 31.2 Å². The number of hydrogen-bond donors (Lipinski definition) is 1. The third-order valence-electron chi connectivity index (χ3n) is 6.21. The Labute approximate surface area is 151 Å². The molecule has 3 nitrogen and oxygen atoms in total. The fourth-order valence-corrected chi connectivity index (χ4v) is 5.04. The minimum absolute atomic E-state index is 0.0829. The highest BCUT2D eigenvalue weighted by molar-refractivity contribution is 6.31. The van der Waals surface area contributed by atoms with E-state index in [9.17, 15) is 13.6 Å². The maximum absolute atomic E-state index is 13.1. The predicted molar refractivity (Wildman–Crippen MR) is 94.4 cm³/mol. The van der Waals surface area contributed by atoms with E-state index in [4.69, 9.17) is 11.6 Å². The molecule has 4 atom stereocenters. The molecule has 2 heterocycles. The number of carbonyl (C=O) groups excluding carboxylic acids is 1. The van der Waals surface area contributed by atoms with Crippen LogP contribution in [0.3, 0.4) is 0 Å². The first-order chi connectivity index (χ1) is 11.9. The Morgan fingerprint density at radius 3 is 2.56 bits per heavy atom. The number of nitrogens with one attached hydrogen (secondary N) is 1. The van der Waals surface area contributed by atoms with Crippen molar-refractivity contribution < 1.29 is 13.6 Å². The van der Waals surface area contributed by atoms with Gasteiger partial charge in [-0.2, -0.15) is 0 Å². The number of fused-ring (bicyclic) bond motifs is 2. The van der Waals surface area contributed by atoms with E-state index in [0.29, 0.717) is 35.1 Å². The van der Waals surface area contributed by atoms with Crippen molar-refractivity contribution in [3.63, 3.8) is 0 Å². The lowest BCUT2D eigenvalue weighted by atomic mass is 9.70. The normalized spacial score (nSPS) is 33.6. The molecule has 0 radical (unpaired) electrons. The molecule has 0 aromatic heterocycles. The van der Waals surface area contributed by atoms with Crippen molar-refractivity contribution in [1.29, 1.82) is 0 Å². The first kappa shape index (κ1) is 17.1. The summed E-state index contributed by atoms with van der Waals surface area (Å²) in [5, 5.41) is 3.45. The summed E-state index contributed by atoms with van der Waals surface area (Å²) >= 11 is 6.24. The van der Waals surface area contributed by atoms with Crippen LogP contribution in [-0.4, -0.2) is 29.4 Å². The number of benzene rings is 1. The zero-order valence-corrected chi connectivity index (χ0v) is 15.0. The second kappa shape index (κ2) is 6.42. The van der Waals surface area contributed by atoms with Crippen molar-refractivity contribution in [2.24, 2.45) is 11.8 Å². The molecule has 2 amide bonds. The van der Waals surface area contributed by atoms with Crippen molar-refractivity contribution in [2.75, 3.05) is 5.32 Å². The Bertz CT molecular complexity index is 671. The quantitative estimate of drug-likeness (QED) is 0.750. The number of nitrogens with zero attached hydrogens (tertiary/aromatic N) is 1. The minimum atomic E-state index is -2.32. The number of hydrogen-bond acceptors (Lipinski definition) is 1. The van der Waals surface area contributed by atoms with E-state index in [-0.39, 0.29) is 11.9 Å². The highest BCUT2D eigenvalue weighted by Gasteiger charge is 2.46. The third kappa shape index (κ3) is 3.01. The van der Waals surface area contributed by atoms with E-state index in [1.807, 2.05) is 4.90 Å². The summed E-state index contributed by atoms with van der Waals surface area (Å²) in [7, 11) is 0. The predicted octanol–water partition coefficient (Wildman–Crippen LogP) is 5.50. The lowest BCUT2D eigenvalue weighted by molar-refractivity contribution is -0.00602. The Morgan fingerprint density at radius 2 is 1.96 bits per heavy atom. The number of piperidine rings is 1. The highest BCUT2D eigenvalue weighted by atomic mass is 35.5. The number of amides is 2. The highest BCUT2D eigenvalue weighted by Crippen LogP contribution is 2.48. The van der Waals surface area contributed by atoms with Crippen LogP contribution < -0.4 is 5.32 Å². The molecule has 2 aliphatic heterocycles. The largest absolute Gasteiger partial charge is 0.322 e. The van der Waals surface area contributed by atoms with E-state index >= 15 is 0 Å². The van der Waals surface area contributed by atoms with Gasteiger partial charge in [0.05, 0.1) is 0 Å². The molecular formula is C19H23ClF2N2O. The number of alkyl halides is 2. The molecule has 1 N–H and O–H groups in total. The average molecular weight is 369 g/mol. The lowest BCUT2D eigenvalue weighted by Crippen LogP contribution is -2.63. The molecule has 1 aromatic rings. The van der Waals surface area contributed by atoms with Gasteiger partial charge in [-0.1, -0.05) is 18.5 Å². The van der Waals surface area contributed by atoms with E-state index in [1.165, 1.54) is 0 Å². The molecule has 2 saturated heterocycles. The summed E-state index contributed by atoms with van der Waals surface area (Å²) < 4.78 is 26.1. The van der Waals surface area contributed by atoms with Gasteiger partial charge in [-0.15, -0.1) is 0 Å². The van der Waals surface area contributed by atoms with Gasteiger partial charge in [0.25, 0.3) is 0 Å². The van der Waals surface area contributed by atoms with Crippen LogP contribution >= 0.6 is 11.6 Å². The maximum Gasteiger partial charge on any atom is 0.322 e. The molecule has 5 rings (SSSR count). The fraction of sp³-hybridized carbons (Fsp3) is 0.632.